The number of nitrogens with zero attached hydrogens (tertiary/aromatic N) is 7. The van der Waals surface area contributed by atoms with Crippen LogP contribution in [0.2, 0.25) is 0 Å². The molecule has 1 saturated carbocycles. The lowest BCUT2D eigenvalue weighted by molar-refractivity contribution is -0.144. The van der Waals surface area contributed by atoms with E-state index in [1.807, 2.05) is 0 Å². The van der Waals surface area contributed by atoms with Gasteiger partial charge in [-0.15, -0.1) is 10.2 Å². The van der Waals surface area contributed by atoms with Gasteiger partial charge in [-0.2, -0.15) is 22.8 Å². The molecule has 0 atom stereocenters. The molecule has 0 amide bonds. The summed E-state index contributed by atoms with van der Waals surface area (Å²) < 4.78 is 41.6. The SMILES string of the molecule is Cn1nc(C(F)(F)F)nc1-n1nc(-c2ccccn2)nc1C1CCC(N)CC1. The number of hydrogen-bond donors (Lipinski definition) is 1. The monoisotopic (exact) mass is 392 g/mol. The maximum atomic E-state index is 13.1. The fourth-order valence-corrected chi connectivity index (χ4v) is 3.40. The second kappa shape index (κ2) is 6.97. The van der Waals surface area contributed by atoms with Crippen LogP contribution in [0.1, 0.15) is 43.3 Å². The van der Waals surface area contributed by atoms with E-state index in [1.165, 1.54) is 11.7 Å². The Labute approximate surface area is 158 Å². The van der Waals surface area contributed by atoms with Gasteiger partial charge in [0.15, 0.2) is 0 Å². The highest BCUT2D eigenvalue weighted by Gasteiger charge is 2.38. The van der Waals surface area contributed by atoms with Crippen molar-refractivity contribution in [2.45, 2.75) is 43.8 Å². The van der Waals surface area contributed by atoms with Crippen molar-refractivity contribution in [2.75, 3.05) is 0 Å². The molecule has 1 aliphatic rings. The minimum Gasteiger partial charge on any atom is -0.328 e. The Morgan fingerprint density at radius 3 is 2.43 bits per heavy atom. The van der Waals surface area contributed by atoms with Crippen LogP contribution in [0.25, 0.3) is 17.5 Å². The topological polar surface area (TPSA) is 100 Å². The molecule has 0 aromatic carbocycles. The molecule has 0 unspecified atom stereocenters. The van der Waals surface area contributed by atoms with Crippen molar-refractivity contribution in [3.05, 3.63) is 36.0 Å². The number of alkyl halides is 3. The van der Waals surface area contributed by atoms with Gasteiger partial charge < -0.3 is 5.73 Å². The molecular weight excluding hydrogens is 373 g/mol. The average molecular weight is 392 g/mol. The van der Waals surface area contributed by atoms with Crippen LogP contribution in [0.3, 0.4) is 0 Å². The maximum Gasteiger partial charge on any atom is 0.453 e. The van der Waals surface area contributed by atoms with E-state index in [-0.39, 0.29) is 17.9 Å². The van der Waals surface area contributed by atoms with Gasteiger partial charge in [0.1, 0.15) is 11.5 Å². The predicted molar refractivity (Wildman–Crippen MR) is 93.3 cm³/mol. The van der Waals surface area contributed by atoms with Crippen molar-refractivity contribution >= 4 is 0 Å². The van der Waals surface area contributed by atoms with E-state index in [0.717, 1.165) is 30.4 Å². The molecule has 28 heavy (non-hydrogen) atoms. The highest BCUT2D eigenvalue weighted by molar-refractivity contribution is 5.48. The van der Waals surface area contributed by atoms with E-state index in [1.54, 1.807) is 24.4 Å². The minimum atomic E-state index is -4.64. The van der Waals surface area contributed by atoms with Gasteiger partial charge in [0, 0.05) is 25.2 Å². The van der Waals surface area contributed by atoms with Gasteiger partial charge in [0.2, 0.25) is 5.82 Å². The largest absolute Gasteiger partial charge is 0.453 e. The zero-order valence-corrected chi connectivity index (χ0v) is 15.1. The number of aryl methyl sites for hydroxylation is 1. The molecule has 0 radical (unpaired) electrons. The zero-order chi connectivity index (χ0) is 19.9. The number of pyridine rings is 1. The summed E-state index contributed by atoms with van der Waals surface area (Å²) in [6.45, 7) is 0. The van der Waals surface area contributed by atoms with Crippen LogP contribution in [0.15, 0.2) is 24.4 Å². The minimum absolute atomic E-state index is 0.0239. The standard InChI is InChI=1S/C17H19F3N8/c1-27-16(24-15(26-27)17(18,19)20)28-14(10-5-7-11(21)8-6-10)23-13(25-28)12-4-2-3-9-22-12/h2-4,9-11H,5-8,21H2,1H3. The van der Waals surface area contributed by atoms with Crippen molar-refractivity contribution in [3.63, 3.8) is 0 Å². The third-order valence-electron chi connectivity index (χ3n) is 4.85. The Bertz CT molecular complexity index is 955. The molecule has 3 heterocycles. The number of rotatable bonds is 3. The summed E-state index contributed by atoms with van der Waals surface area (Å²) >= 11 is 0. The average Bonchev–Trinajstić information content (AvgIpc) is 3.27. The van der Waals surface area contributed by atoms with Gasteiger partial charge in [-0.1, -0.05) is 6.07 Å². The molecule has 148 valence electrons. The maximum absolute atomic E-state index is 13.1. The molecule has 0 bridgehead atoms. The van der Waals surface area contributed by atoms with Crippen molar-refractivity contribution in [2.24, 2.45) is 12.8 Å². The summed E-state index contributed by atoms with van der Waals surface area (Å²) in [6.07, 6.45) is 0.181. The van der Waals surface area contributed by atoms with Crippen molar-refractivity contribution in [1.29, 1.82) is 0 Å². The zero-order valence-electron chi connectivity index (χ0n) is 15.1. The normalized spacial score (nSPS) is 20.5. The van der Waals surface area contributed by atoms with Crippen LogP contribution in [0.4, 0.5) is 13.2 Å². The molecule has 0 aliphatic heterocycles. The number of nitrogens with two attached hydrogens (primary N) is 1. The van der Waals surface area contributed by atoms with E-state index in [4.69, 9.17) is 5.73 Å². The molecule has 0 saturated heterocycles. The fourth-order valence-electron chi connectivity index (χ4n) is 3.40. The van der Waals surface area contributed by atoms with Gasteiger partial charge in [-0.25, -0.2) is 9.67 Å². The molecule has 1 fully saturated rings. The Kier molecular flexibility index (Phi) is 4.61. The Balaban J connectivity index is 1.81. The smallest absolute Gasteiger partial charge is 0.328 e. The predicted octanol–water partition coefficient (Wildman–Crippen LogP) is 2.46. The molecule has 11 heteroatoms. The lowest BCUT2D eigenvalue weighted by Gasteiger charge is -2.25. The Morgan fingerprint density at radius 2 is 1.82 bits per heavy atom. The molecule has 2 N–H and O–H groups in total. The lowest BCUT2D eigenvalue weighted by Crippen LogP contribution is -2.27. The van der Waals surface area contributed by atoms with Crippen LogP contribution in [-0.2, 0) is 13.2 Å². The van der Waals surface area contributed by atoms with E-state index < -0.39 is 12.0 Å². The summed E-state index contributed by atoms with van der Waals surface area (Å²) in [5, 5.41) is 7.92. The lowest BCUT2D eigenvalue weighted by atomic mass is 9.86. The first-order valence-electron chi connectivity index (χ1n) is 8.95. The van der Waals surface area contributed by atoms with Crippen molar-refractivity contribution in [1.82, 2.24) is 34.5 Å². The van der Waals surface area contributed by atoms with Gasteiger partial charge in [-0.3, -0.25) is 4.98 Å². The fraction of sp³-hybridized carbons (Fsp3) is 0.471. The molecule has 0 spiro atoms. The third kappa shape index (κ3) is 3.49. The Morgan fingerprint density at radius 1 is 1.07 bits per heavy atom. The first kappa shape index (κ1) is 18.5. The summed E-state index contributed by atoms with van der Waals surface area (Å²) in [5.41, 5.74) is 6.53. The second-order valence-corrected chi connectivity index (χ2v) is 6.89. The highest BCUT2D eigenvalue weighted by Crippen LogP contribution is 2.34. The molecule has 8 nitrogen and oxygen atoms in total. The van der Waals surface area contributed by atoms with Crippen LogP contribution in [0.5, 0.6) is 0 Å². The molecule has 1 aliphatic carbocycles. The van der Waals surface area contributed by atoms with Crippen LogP contribution < -0.4 is 5.73 Å². The second-order valence-electron chi connectivity index (χ2n) is 6.89. The quantitative estimate of drug-likeness (QED) is 0.735. The first-order chi connectivity index (χ1) is 13.3. The molecule has 3 aromatic heterocycles. The van der Waals surface area contributed by atoms with E-state index >= 15 is 0 Å². The van der Waals surface area contributed by atoms with Gasteiger partial charge in [0.25, 0.3) is 11.8 Å². The van der Waals surface area contributed by atoms with Crippen LogP contribution in [0, 0.1) is 0 Å². The Hall–Kier alpha value is -2.82. The summed E-state index contributed by atoms with van der Waals surface area (Å²) in [7, 11) is 1.40. The number of aromatic nitrogens is 7. The van der Waals surface area contributed by atoms with Crippen molar-refractivity contribution in [3.8, 4) is 17.5 Å². The van der Waals surface area contributed by atoms with E-state index in [9.17, 15) is 13.2 Å². The van der Waals surface area contributed by atoms with Gasteiger partial charge >= 0.3 is 6.18 Å². The van der Waals surface area contributed by atoms with Gasteiger partial charge in [-0.05, 0) is 37.8 Å². The van der Waals surface area contributed by atoms with E-state index in [2.05, 4.69) is 25.1 Å². The number of halogens is 3. The molecular formula is C17H19F3N8. The van der Waals surface area contributed by atoms with Crippen LogP contribution >= 0.6 is 0 Å². The van der Waals surface area contributed by atoms with Crippen molar-refractivity contribution < 1.29 is 13.2 Å². The van der Waals surface area contributed by atoms with Crippen LogP contribution in [-0.4, -0.2) is 40.6 Å². The summed E-state index contributed by atoms with van der Waals surface area (Å²) in [5.74, 6) is -0.335. The third-order valence-corrected chi connectivity index (χ3v) is 4.85. The van der Waals surface area contributed by atoms with E-state index in [0.29, 0.717) is 17.3 Å². The molecule has 3 aromatic rings. The first-order valence-corrected chi connectivity index (χ1v) is 8.95. The highest BCUT2D eigenvalue weighted by atomic mass is 19.4. The summed E-state index contributed by atoms with van der Waals surface area (Å²) in [4.78, 5) is 12.5. The van der Waals surface area contributed by atoms with Gasteiger partial charge in [0.05, 0.1) is 0 Å². The summed E-state index contributed by atoms with van der Waals surface area (Å²) in [6, 6.07) is 5.45. The number of hydrogen-bond acceptors (Lipinski definition) is 6. The molecule has 4 rings (SSSR count).